The van der Waals surface area contributed by atoms with Crippen molar-refractivity contribution < 1.29 is 0 Å². The minimum absolute atomic E-state index is 0.184. The SMILES string of the molecule is C[C@@H]1CC[C@@H](C)P1CN(Cc1ccccc1)CP1[C@@H](C)CC[C@@H]1C. The molecule has 2 fully saturated rings. The maximum absolute atomic E-state index is 2.86. The van der Waals surface area contributed by atoms with Crippen LogP contribution < -0.4 is 0 Å². The third-order valence-electron chi connectivity index (χ3n) is 6.24. The van der Waals surface area contributed by atoms with Gasteiger partial charge in [-0.15, -0.1) is 0 Å². The molecule has 0 aromatic heterocycles. The number of hydrogen-bond acceptors (Lipinski definition) is 1. The summed E-state index contributed by atoms with van der Waals surface area (Å²) in [6.07, 6.45) is 8.62. The van der Waals surface area contributed by atoms with Crippen molar-refractivity contribution >= 4 is 15.8 Å². The summed E-state index contributed by atoms with van der Waals surface area (Å²) in [7, 11) is 0.369. The van der Waals surface area contributed by atoms with Crippen molar-refractivity contribution in [3.63, 3.8) is 0 Å². The van der Waals surface area contributed by atoms with Crippen LogP contribution in [-0.2, 0) is 6.54 Å². The molecule has 2 saturated heterocycles. The van der Waals surface area contributed by atoms with E-state index in [0.29, 0.717) is 0 Å². The lowest BCUT2D eigenvalue weighted by Crippen LogP contribution is -2.28. The minimum atomic E-state index is 0.184. The molecule has 0 saturated carbocycles. The summed E-state index contributed by atoms with van der Waals surface area (Å²) >= 11 is 0. The standard InChI is InChI=1S/C21H35NP2/c1-17-10-11-18(2)23(17)15-22(14-21-8-6-5-7-9-21)16-24-19(3)12-13-20(24)4/h5-9,17-20H,10-16H2,1-4H3/t17-,18-,19+,20+. The lowest BCUT2D eigenvalue weighted by molar-refractivity contribution is 0.361. The van der Waals surface area contributed by atoms with Crippen LogP contribution in [0.2, 0.25) is 0 Å². The fourth-order valence-electron chi connectivity index (χ4n) is 4.50. The average Bonchev–Trinajstić information content (AvgIpc) is 3.06. The van der Waals surface area contributed by atoms with E-state index in [1.807, 2.05) is 0 Å². The van der Waals surface area contributed by atoms with Gasteiger partial charge in [-0.05, 0) is 53.9 Å². The Kier molecular flexibility index (Phi) is 6.76. The maximum atomic E-state index is 2.86. The molecule has 2 aliphatic heterocycles. The van der Waals surface area contributed by atoms with Gasteiger partial charge in [-0.2, -0.15) is 0 Å². The van der Waals surface area contributed by atoms with Gasteiger partial charge in [0.15, 0.2) is 0 Å². The molecule has 3 heteroatoms. The predicted octanol–water partition coefficient (Wildman–Crippen LogP) is 6.51. The normalized spacial score (nSPS) is 32.0. The van der Waals surface area contributed by atoms with E-state index in [9.17, 15) is 0 Å². The van der Waals surface area contributed by atoms with Crippen LogP contribution in [0.3, 0.4) is 0 Å². The summed E-state index contributed by atoms with van der Waals surface area (Å²) in [6, 6.07) is 11.2. The molecule has 0 amide bonds. The molecular weight excluding hydrogens is 328 g/mol. The van der Waals surface area contributed by atoms with Gasteiger partial charge in [0.05, 0.1) is 0 Å². The fourth-order valence-corrected chi connectivity index (χ4v) is 10.8. The highest BCUT2D eigenvalue weighted by Crippen LogP contribution is 2.59. The van der Waals surface area contributed by atoms with Gasteiger partial charge in [0, 0.05) is 19.1 Å². The maximum Gasteiger partial charge on any atom is 0.0241 e. The second-order valence-corrected chi connectivity index (χ2v) is 14.3. The van der Waals surface area contributed by atoms with Gasteiger partial charge in [-0.25, -0.2) is 0 Å². The molecule has 2 heterocycles. The van der Waals surface area contributed by atoms with Crippen LogP contribution in [0.5, 0.6) is 0 Å². The highest BCUT2D eigenvalue weighted by molar-refractivity contribution is 7.60. The van der Waals surface area contributed by atoms with Crippen molar-refractivity contribution in [3.8, 4) is 0 Å². The Labute approximate surface area is 152 Å². The summed E-state index contributed by atoms with van der Waals surface area (Å²) in [5, 5.41) is 0. The van der Waals surface area contributed by atoms with Crippen LogP contribution in [0.4, 0.5) is 0 Å². The zero-order valence-electron chi connectivity index (χ0n) is 16.0. The molecule has 0 bridgehead atoms. The van der Waals surface area contributed by atoms with Gasteiger partial charge in [0.2, 0.25) is 0 Å². The van der Waals surface area contributed by atoms with Crippen LogP contribution >= 0.6 is 15.8 Å². The summed E-state index contributed by atoms with van der Waals surface area (Å²) < 4.78 is 0. The third kappa shape index (κ3) is 4.60. The topological polar surface area (TPSA) is 3.24 Å². The summed E-state index contributed by atoms with van der Waals surface area (Å²) in [6.45, 7) is 11.2. The Morgan fingerprint density at radius 2 is 1.17 bits per heavy atom. The molecule has 0 radical (unpaired) electrons. The molecule has 1 nitrogen and oxygen atoms in total. The van der Waals surface area contributed by atoms with E-state index in [1.165, 1.54) is 43.8 Å². The average molecular weight is 363 g/mol. The fraction of sp³-hybridized carbons (Fsp3) is 0.714. The molecule has 0 N–H and O–H groups in total. The molecule has 1 aromatic carbocycles. The Morgan fingerprint density at radius 3 is 1.58 bits per heavy atom. The lowest BCUT2D eigenvalue weighted by Gasteiger charge is -2.34. The van der Waals surface area contributed by atoms with E-state index >= 15 is 0 Å². The summed E-state index contributed by atoms with van der Waals surface area (Å²) in [5.41, 5.74) is 5.39. The van der Waals surface area contributed by atoms with E-state index in [0.717, 1.165) is 29.2 Å². The van der Waals surface area contributed by atoms with Crippen molar-refractivity contribution in [1.82, 2.24) is 4.90 Å². The van der Waals surface area contributed by atoms with Crippen LogP contribution in [0.15, 0.2) is 30.3 Å². The first kappa shape index (κ1) is 18.8. The zero-order chi connectivity index (χ0) is 17.1. The second-order valence-electron chi connectivity index (χ2n) is 8.18. The number of benzene rings is 1. The number of nitrogens with zero attached hydrogens (tertiary/aromatic N) is 1. The Morgan fingerprint density at radius 1 is 0.750 bits per heavy atom. The molecule has 1 aromatic rings. The van der Waals surface area contributed by atoms with Crippen molar-refractivity contribution in [2.24, 2.45) is 0 Å². The monoisotopic (exact) mass is 363 g/mol. The summed E-state index contributed by atoms with van der Waals surface area (Å²) in [5.74, 6) is 0. The highest BCUT2D eigenvalue weighted by Gasteiger charge is 2.34. The van der Waals surface area contributed by atoms with Crippen molar-refractivity contribution in [1.29, 1.82) is 0 Å². The molecular formula is C21H35NP2. The molecule has 134 valence electrons. The van der Waals surface area contributed by atoms with Crippen LogP contribution in [0.1, 0.15) is 58.9 Å². The number of rotatable bonds is 6. The third-order valence-corrected chi connectivity index (χ3v) is 13.3. The van der Waals surface area contributed by atoms with Gasteiger partial charge in [-0.3, -0.25) is 4.90 Å². The van der Waals surface area contributed by atoms with Gasteiger partial charge >= 0.3 is 0 Å². The van der Waals surface area contributed by atoms with Gasteiger partial charge in [0.25, 0.3) is 0 Å². The first-order valence-corrected chi connectivity index (χ1v) is 13.2. The Hall–Kier alpha value is 0.0400. The van der Waals surface area contributed by atoms with E-state index < -0.39 is 0 Å². The molecule has 24 heavy (non-hydrogen) atoms. The molecule has 2 aliphatic rings. The Balaban J connectivity index is 1.70. The van der Waals surface area contributed by atoms with Crippen molar-refractivity contribution in [2.45, 2.75) is 82.6 Å². The van der Waals surface area contributed by atoms with Crippen LogP contribution in [-0.4, -0.2) is 40.1 Å². The predicted molar refractivity (Wildman–Crippen MR) is 112 cm³/mol. The van der Waals surface area contributed by atoms with Crippen molar-refractivity contribution in [3.05, 3.63) is 35.9 Å². The zero-order valence-corrected chi connectivity index (χ0v) is 17.8. The molecule has 0 spiro atoms. The summed E-state index contributed by atoms with van der Waals surface area (Å²) in [4.78, 5) is 2.86. The van der Waals surface area contributed by atoms with E-state index in [-0.39, 0.29) is 15.8 Å². The smallest absolute Gasteiger partial charge is 0.0241 e. The Bertz CT molecular complexity index is 460. The quantitative estimate of drug-likeness (QED) is 0.521. The second kappa shape index (κ2) is 8.62. The van der Waals surface area contributed by atoms with Crippen LogP contribution in [0.25, 0.3) is 0 Å². The first-order chi connectivity index (χ1) is 11.5. The molecule has 0 aliphatic carbocycles. The van der Waals surface area contributed by atoms with E-state index in [1.54, 1.807) is 0 Å². The number of hydrogen-bond donors (Lipinski definition) is 0. The molecule has 0 unspecified atom stereocenters. The highest BCUT2D eigenvalue weighted by atomic mass is 31.1. The van der Waals surface area contributed by atoms with Gasteiger partial charge in [0.1, 0.15) is 0 Å². The van der Waals surface area contributed by atoms with Gasteiger partial charge < -0.3 is 0 Å². The van der Waals surface area contributed by atoms with E-state index in [4.69, 9.17) is 0 Å². The molecule has 3 rings (SSSR count). The molecule has 4 atom stereocenters. The van der Waals surface area contributed by atoms with E-state index in [2.05, 4.69) is 62.9 Å². The first-order valence-electron chi connectivity index (χ1n) is 9.82. The lowest BCUT2D eigenvalue weighted by atomic mass is 10.2. The van der Waals surface area contributed by atoms with Crippen molar-refractivity contribution in [2.75, 3.05) is 12.6 Å². The largest absolute Gasteiger partial charge is 0.291 e. The minimum Gasteiger partial charge on any atom is -0.291 e. The van der Waals surface area contributed by atoms with Crippen LogP contribution in [0, 0.1) is 0 Å². The van der Waals surface area contributed by atoms with Gasteiger partial charge in [-0.1, -0.05) is 73.9 Å².